The molecule has 7 nitrogen and oxygen atoms in total. The molecule has 0 bridgehead atoms. The quantitative estimate of drug-likeness (QED) is 0.845. The van der Waals surface area contributed by atoms with E-state index in [2.05, 4.69) is 29.4 Å². The van der Waals surface area contributed by atoms with Gasteiger partial charge in [-0.3, -0.25) is 14.5 Å². The Morgan fingerprint density at radius 3 is 2.79 bits per heavy atom. The van der Waals surface area contributed by atoms with Crippen LogP contribution in [0.4, 0.5) is 10.3 Å². The van der Waals surface area contributed by atoms with Crippen molar-refractivity contribution in [2.75, 3.05) is 29.4 Å². The Labute approximate surface area is 146 Å². The number of rotatable bonds is 6. The topological polar surface area (TPSA) is 78.4 Å². The lowest BCUT2D eigenvalue weighted by molar-refractivity contribution is -0.122. The van der Waals surface area contributed by atoms with E-state index in [0.29, 0.717) is 30.6 Å². The molecule has 0 spiro atoms. The van der Waals surface area contributed by atoms with Gasteiger partial charge in [0, 0.05) is 26.1 Å². The fourth-order valence-corrected chi connectivity index (χ4v) is 4.12. The van der Waals surface area contributed by atoms with Crippen molar-refractivity contribution < 1.29 is 9.59 Å². The molecule has 8 heteroatoms. The zero-order valence-corrected chi connectivity index (χ0v) is 15.1. The van der Waals surface area contributed by atoms with Crippen molar-refractivity contribution in [2.24, 2.45) is 5.92 Å². The molecule has 24 heavy (non-hydrogen) atoms. The highest BCUT2D eigenvalue weighted by atomic mass is 32.1. The van der Waals surface area contributed by atoms with Crippen molar-refractivity contribution in [3.05, 3.63) is 0 Å². The van der Waals surface area contributed by atoms with Crippen LogP contribution in [0, 0.1) is 5.92 Å². The van der Waals surface area contributed by atoms with Gasteiger partial charge in [-0.05, 0) is 31.6 Å². The Morgan fingerprint density at radius 2 is 2.08 bits per heavy atom. The second-order valence-corrected chi connectivity index (χ2v) is 7.78. The Kier molecular flexibility index (Phi) is 5.33. The first kappa shape index (κ1) is 17.1. The molecule has 2 saturated heterocycles. The Bertz CT molecular complexity index is 603. The van der Waals surface area contributed by atoms with Crippen molar-refractivity contribution in [2.45, 2.75) is 52.0 Å². The molecule has 2 amide bonds. The molecule has 3 rings (SSSR count). The van der Waals surface area contributed by atoms with Crippen molar-refractivity contribution in [3.8, 4) is 0 Å². The van der Waals surface area contributed by atoms with Crippen LogP contribution in [0.2, 0.25) is 0 Å². The van der Waals surface area contributed by atoms with E-state index in [0.717, 1.165) is 37.4 Å². The molecule has 132 valence electrons. The largest absolute Gasteiger partial charge is 0.354 e. The van der Waals surface area contributed by atoms with Crippen LogP contribution in [0.15, 0.2) is 0 Å². The Balaban J connectivity index is 1.64. The number of amides is 2. The lowest BCUT2D eigenvalue weighted by atomic mass is 10.1. The van der Waals surface area contributed by atoms with Crippen LogP contribution in [0.5, 0.6) is 0 Å². The molecule has 1 aromatic rings. The molecule has 2 fully saturated rings. The first-order chi connectivity index (χ1) is 11.6. The van der Waals surface area contributed by atoms with Gasteiger partial charge in [0.15, 0.2) is 0 Å². The van der Waals surface area contributed by atoms with E-state index >= 15 is 0 Å². The molecule has 0 aliphatic carbocycles. The maximum absolute atomic E-state index is 12.5. The molecule has 1 aromatic heterocycles. The fraction of sp³-hybridized carbons (Fsp3) is 0.750. The minimum atomic E-state index is -0.174. The van der Waals surface area contributed by atoms with E-state index < -0.39 is 0 Å². The normalized spacial score (nSPS) is 21.1. The van der Waals surface area contributed by atoms with Gasteiger partial charge in [0.1, 0.15) is 6.04 Å². The number of hydrogen-bond acceptors (Lipinski definition) is 6. The summed E-state index contributed by atoms with van der Waals surface area (Å²) < 4.78 is 0. The monoisotopic (exact) mass is 351 g/mol. The highest BCUT2D eigenvalue weighted by Crippen LogP contribution is 2.33. The first-order valence-electron chi connectivity index (χ1n) is 8.74. The van der Waals surface area contributed by atoms with Crippen LogP contribution in [0.1, 0.15) is 46.0 Å². The van der Waals surface area contributed by atoms with Gasteiger partial charge < -0.3 is 10.2 Å². The second kappa shape index (κ2) is 7.46. The number of nitrogens with one attached hydrogen (secondary N) is 1. The van der Waals surface area contributed by atoms with Crippen LogP contribution >= 0.6 is 11.3 Å². The molecule has 0 unspecified atom stereocenters. The molecular weight excluding hydrogens is 326 g/mol. The molecule has 3 heterocycles. The number of carbonyl (C=O) groups excluding carboxylic acids is 2. The number of nitrogens with zero attached hydrogens (tertiary/aromatic N) is 4. The zero-order chi connectivity index (χ0) is 17.1. The third-order valence-corrected chi connectivity index (χ3v) is 5.51. The summed E-state index contributed by atoms with van der Waals surface area (Å²) in [6.45, 7) is 6.54. The van der Waals surface area contributed by atoms with E-state index in [9.17, 15) is 9.59 Å². The summed E-state index contributed by atoms with van der Waals surface area (Å²) in [7, 11) is 0. The fourth-order valence-electron chi connectivity index (χ4n) is 3.15. The number of hydrogen-bond donors (Lipinski definition) is 1. The number of aromatic nitrogens is 2. The third kappa shape index (κ3) is 3.68. The van der Waals surface area contributed by atoms with Crippen molar-refractivity contribution in [1.29, 1.82) is 0 Å². The molecular formula is C16H25N5O2S. The van der Waals surface area contributed by atoms with Crippen molar-refractivity contribution in [3.63, 3.8) is 0 Å². The van der Waals surface area contributed by atoms with Gasteiger partial charge in [-0.2, -0.15) is 0 Å². The van der Waals surface area contributed by atoms with Crippen molar-refractivity contribution in [1.82, 2.24) is 15.5 Å². The van der Waals surface area contributed by atoms with E-state index in [4.69, 9.17) is 0 Å². The summed E-state index contributed by atoms with van der Waals surface area (Å²) >= 11 is 1.41. The first-order valence-corrected chi connectivity index (χ1v) is 9.56. The van der Waals surface area contributed by atoms with E-state index in [-0.39, 0.29) is 17.9 Å². The predicted octanol–water partition coefficient (Wildman–Crippen LogP) is 1.80. The predicted molar refractivity (Wildman–Crippen MR) is 94.3 cm³/mol. The number of anilines is 2. The maximum atomic E-state index is 12.5. The summed E-state index contributed by atoms with van der Waals surface area (Å²) in [6, 6.07) is -0.174. The summed E-state index contributed by atoms with van der Waals surface area (Å²) in [5, 5.41) is 12.8. The van der Waals surface area contributed by atoms with Crippen LogP contribution in [0.25, 0.3) is 0 Å². The average molecular weight is 351 g/mol. The van der Waals surface area contributed by atoms with Gasteiger partial charge in [0.25, 0.3) is 0 Å². The van der Waals surface area contributed by atoms with Gasteiger partial charge in [0.05, 0.1) is 0 Å². The van der Waals surface area contributed by atoms with Gasteiger partial charge in [-0.15, -0.1) is 10.2 Å². The lowest BCUT2D eigenvalue weighted by Gasteiger charge is -2.22. The highest BCUT2D eigenvalue weighted by Gasteiger charge is 2.34. The molecule has 1 atom stereocenters. The van der Waals surface area contributed by atoms with Gasteiger partial charge in [-0.1, -0.05) is 25.2 Å². The number of carbonyl (C=O) groups is 2. The van der Waals surface area contributed by atoms with Crippen LogP contribution in [-0.4, -0.2) is 47.7 Å². The molecule has 1 N–H and O–H groups in total. The van der Waals surface area contributed by atoms with Gasteiger partial charge in [0.2, 0.25) is 22.1 Å². The third-order valence-electron chi connectivity index (χ3n) is 4.53. The van der Waals surface area contributed by atoms with E-state index in [1.165, 1.54) is 11.3 Å². The van der Waals surface area contributed by atoms with E-state index in [1.807, 2.05) is 4.90 Å². The SMILES string of the molecule is CC(C)CCNC(=O)[C@@H]1CCCN1c1nnc(N2CCCC2=O)s1. The van der Waals surface area contributed by atoms with Gasteiger partial charge >= 0.3 is 0 Å². The molecule has 0 aromatic carbocycles. The molecule has 2 aliphatic heterocycles. The van der Waals surface area contributed by atoms with E-state index in [1.54, 1.807) is 4.90 Å². The van der Waals surface area contributed by atoms with Crippen LogP contribution in [-0.2, 0) is 9.59 Å². The second-order valence-electron chi connectivity index (χ2n) is 6.84. The minimum Gasteiger partial charge on any atom is -0.354 e. The van der Waals surface area contributed by atoms with Crippen LogP contribution < -0.4 is 15.1 Å². The highest BCUT2D eigenvalue weighted by molar-refractivity contribution is 7.19. The Hall–Kier alpha value is -1.70. The molecule has 2 aliphatic rings. The smallest absolute Gasteiger partial charge is 0.242 e. The Morgan fingerprint density at radius 1 is 1.29 bits per heavy atom. The molecule has 0 radical (unpaired) electrons. The summed E-state index contributed by atoms with van der Waals surface area (Å²) in [5.41, 5.74) is 0. The maximum Gasteiger partial charge on any atom is 0.242 e. The zero-order valence-electron chi connectivity index (χ0n) is 14.3. The van der Waals surface area contributed by atoms with Gasteiger partial charge in [-0.25, -0.2) is 0 Å². The summed E-state index contributed by atoms with van der Waals surface area (Å²) in [5.74, 6) is 0.762. The lowest BCUT2D eigenvalue weighted by Crippen LogP contribution is -2.43. The standard InChI is InChI=1S/C16H25N5O2S/c1-11(2)7-8-17-14(23)12-5-3-9-20(12)15-18-19-16(24-15)21-10-4-6-13(21)22/h11-12H,3-10H2,1-2H3,(H,17,23)/t12-/m0/s1. The van der Waals surface area contributed by atoms with Crippen molar-refractivity contribution >= 4 is 33.4 Å². The van der Waals surface area contributed by atoms with Crippen LogP contribution in [0.3, 0.4) is 0 Å². The minimum absolute atomic E-state index is 0.0714. The average Bonchev–Trinajstić information content (AvgIpc) is 3.25. The summed E-state index contributed by atoms with van der Waals surface area (Å²) in [6.07, 6.45) is 4.25. The summed E-state index contributed by atoms with van der Waals surface area (Å²) in [4.78, 5) is 28.0. The molecule has 0 saturated carbocycles.